The van der Waals surface area contributed by atoms with E-state index in [4.69, 9.17) is 4.42 Å². The lowest BCUT2D eigenvalue weighted by atomic mass is 10.1. The van der Waals surface area contributed by atoms with Crippen molar-refractivity contribution >= 4 is 22.8 Å². The van der Waals surface area contributed by atoms with Gasteiger partial charge in [-0.3, -0.25) is 10.1 Å². The zero-order valence-electron chi connectivity index (χ0n) is 9.73. The number of aromatic nitrogens is 2. The molecule has 2 heterocycles. The summed E-state index contributed by atoms with van der Waals surface area (Å²) in [6.45, 7) is 1.80. The number of para-hydroxylation sites is 1. The fourth-order valence-corrected chi connectivity index (χ4v) is 1.85. The molecule has 90 valence electrons. The van der Waals surface area contributed by atoms with Crippen LogP contribution in [0.2, 0.25) is 0 Å². The van der Waals surface area contributed by atoms with Crippen LogP contribution in [0.25, 0.3) is 10.9 Å². The Hall–Kier alpha value is -2.56. The highest BCUT2D eigenvalue weighted by Gasteiger charge is 2.12. The second-order valence-electron chi connectivity index (χ2n) is 4.00. The number of carbonyl (C=O) groups is 1. The summed E-state index contributed by atoms with van der Waals surface area (Å²) in [4.78, 5) is 19.2. The Morgan fingerprint density at radius 3 is 3.06 bits per heavy atom. The smallest absolute Gasteiger partial charge is 0.301 e. The van der Waals surface area contributed by atoms with Crippen molar-refractivity contribution in [1.29, 1.82) is 0 Å². The summed E-state index contributed by atoms with van der Waals surface area (Å²) in [6.07, 6.45) is 3.29. The molecule has 0 radical (unpaired) electrons. The highest BCUT2D eigenvalue weighted by Crippen LogP contribution is 2.18. The molecule has 1 amide bonds. The minimum atomic E-state index is -0.245. The van der Waals surface area contributed by atoms with E-state index in [-0.39, 0.29) is 11.9 Å². The van der Waals surface area contributed by atoms with Gasteiger partial charge in [-0.1, -0.05) is 12.1 Å². The number of oxazole rings is 1. The van der Waals surface area contributed by atoms with Gasteiger partial charge < -0.3 is 9.40 Å². The SMILES string of the molecule is Cc1coc(NC(=O)c2cccc3cc[nH]c23)n1. The molecular weight excluding hydrogens is 230 g/mol. The van der Waals surface area contributed by atoms with E-state index in [9.17, 15) is 4.79 Å². The van der Waals surface area contributed by atoms with Crippen molar-refractivity contribution in [3.63, 3.8) is 0 Å². The molecule has 0 spiro atoms. The third-order valence-corrected chi connectivity index (χ3v) is 2.67. The number of H-pyrrole nitrogens is 1. The predicted octanol–water partition coefficient (Wildman–Crippen LogP) is 2.72. The Bertz CT molecular complexity index is 712. The maximum atomic E-state index is 12.1. The average Bonchev–Trinajstić information content (AvgIpc) is 2.97. The largest absolute Gasteiger partial charge is 0.432 e. The molecule has 0 bridgehead atoms. The number of nitrogens with one attached hydrogen (secondary N) is 2. The van der Waals surface area contributed by atoms with Crippen LogP contribution in [0, 0.1) is 6.92 Å². The van der Waals surface area contributed by atoms with Gasteiger partial charge in [-0.05, 0) is 19.1 Å². The van der Waals surface area contributed by atoms with E-state index in [0.717, 1.165) is 16.6 Å². The molecule has 0 aliphatic heterocycles. The molecule has 2 N–H and O–H groups in total. The van der Waals surface area contributed by atoms with E-state index < -0.39 is 0 Å². The zero-order chi connectivity index (χ0) is 12.5. The molecule has 2 aromatic heterocycles. The van der Waals surface area contributed by atoms with Crippen molar-refractivity contribution in [2.75, 3.05) is 5.32 Å². The minimum absolute atomic E-state index is 0.209. The van der Waals surface area contributed by atoms with Crippen molar-refractivity contribution in [1.82, 2.24) is 9.97 Å². The van der Waals surface area contributed by atoms with E-state index in [1.54, 1.807) is 19.2 Å². The minimum Gasteiger partial charge on any atom is -0.432 e. The molecule has 5 heteroatoms. The maximum absolute atomic E-state index is 12.1. The lowest BCUT2D eigenvalue weighted by Crippen LogP contribution is -2.12. The van der Waals surface area contributed by atoms with Crippen molar-refractivity contribution in [3.8, 4) is 0 Å². The Kier molecular flexibility index (Phi) is 2.37. The predicted molar refractivity (Wildman–Crippen MR) is 67.5 cm³/mol. The number of fused-ring (bicyclic) bond motifs is 1. The molecule has 0 aliphatic carbocycles. The second-order valence-corrected chi connectivity index (χ2v) is 4.00. The second kappa shape index (κ2) is 4.03. The fraction of sp³-hybridized carbons (Fsp3) is 0.0769. The number of rotatable bonds is 2. The Morgan fingerprint density at radius 1 is 1.39 bits per heavy atom. The van der Waals surface area contributed by atoms with Gasteiger partial charge in [-0.15, -0.1) is 0 Å². The standard InChI is InChI=1S/C13H11N3O2/c1-8-7-18-13(15-8)16-12(17)10-4-2-3-9-5-6-14-11(9)10/h2-7,14H,1H3,(H,15,16,17). The third-order valence-electron chi connectivity index (χ3n) is 2.67. The summed E-state index contributed by atoms with van der Waals surface area (Å²) >= 11 is 0. The summed E-state index contributed by atoms with van der Waals surface area (Å²) in [6, 6.07) is 7.66. The van der Waals surface area contributed by atoms with E-state index in [0.29, 0.717) is 5.56 Å². The van der Waals surface area contributed by atoms with Crippen LogP contribution in [0.1, 0.15) is 16.1 Å². The molecule has 0 unspecified atom stereocenters. The van der Waals surface area contributed by atoms with E-state index in [2.05, 4.69) is 15.3 Å². The van der Waals surface area contributed by atoms with Crippen molar-refractivity contribution in [2.24, 2.45) is 0 Å². The molecule has 0 saturated carbocycles. The Morgan fingerprint density at radius 2 is 2.28 bits per heavy atom. The number of aromatic amines is 1. The molecule has 1 aromatic carbocycles. The molecule has 3 rings (SSSR count). The van der Waals surface area contributed by atoms with Gasteiger partial charge in [-0.2, -0.15) is 4.98 Å². The number of benzene rings is 1. The van der Waals surface area contributed by atoms with Gasteiger partial charge in [0.15, 0.2) is 0 Å². The fourth-order valence-electron chi connectivity index (χ4n) is 1.85. The first-order valence-electron chi connectivity index (χ1n) is 5.53. The van der Waals surface area contributed by atoms with Crippen LogP contribution in [0.3, 0.4) is 0 Å². The van der Waals surface area contributed by atoms with Gasteiger partial charge in [0, 0.05) is 11.6 Å². The molecule has 18 heavy (non-hydrogen) atoms. The highest BCUT2D eigenvalue weighted by atomic mass is 16.4. The van der Waals surface area contributed by atoms with Crippen LogP contribution >= 0.6 is 0 Å². The summed E-state index contributed by atoms with van der Waals surface area (Å²) < 4.78 is 5.10. The summed E-state index contributed by atoms with van der Waals surface area (Å²) in [5.41, 5.74) is 2.09. The first kappa shape index (κ1) is 10.6. The number of anilines is 1. The third kappa shape index (κ3) is 1.75. The lowest BCUT2D eigenvalue weighted by molar-refractivity contribution is 0.102. The number of hydrogen-bond acceptors (Lipinski definition) is 3. The van der Waals surface area contributed by atoms with Crippen LogP contribution in [0.5, 0.6) is 0 Å². The van der Waals surface area contributed by atoms with Gasteiger partial charge in [0.1, 0.15) is 6.26 Å². The molecule has 0 aliphatic rings. The zero-order valence-corrected chi connectivity index (χ0v) is 9.73. The normalized spacial score (nSPS) is 10.7. The van der Waals surface area contributed by atoms with E-state index in [1.807, 2.05) is 18.2 Å². The number of nitrogens with zero attached hydrogens (tertiary/aromatic N) is 1. The number of amides is 1. The van der Waals surface area contributed by atoms with E-state index >= 15 is 0 Å². The monoisotopic (exact) mass is 241 g/mol. The number of aryl methyl sites for hydroxylation is 1. The van der Waals surface area contributed by atoms with Crippen LogP contribution < -0.4 is 5.32 Å². The van der Waals surface area contributed by atoms with Crippen LogP contribution in [0.4, 0.5) is 6.01 Å². The van der Waals surface area contributed by atoms with Crippen molar-refractivity contribution in [2.45, 2.75) is 6.92 Å². The van der Waals surface area contributed by atoms with E-state index in [1.165, 1.54) is 6.26 Å². The lowest BCUT2D eigenvalue weighted by Gasteiger charge is -2.02. The highest BCUT2D eigenvalue weighted by molar-refractivity contribution is 6.11. The van der Waals surface area contributed by atoms with Gasteiger partial charge in [0.2, 0.25) is 0 Å². The number of carbonyl (C=O) groups excluding carboxylic acids is 1. The Labute approximate surface area is 103 Å². The summed E-state index contributed by atoms with van der Waals surface area (Å²) in [5, 5.41) is 3.62. The summed E-state index contributed by atoms with van der Waals surface area (Å²) in [5.74, 6) is -0.245. The van der Waals surface area contributed by atoms with Gasteiger partial charge >= 0.3 is 6.01 Å². The summed E-state index contributed by atoms with van der Waals surface area (Å²) in [7, 11) is 0. The molecule has 0 atom stereocenters. The van der Waals surface area contributed by atoms with Gasteiger partial charge in [-0.25, -0.2) is 0 Å². The van der Waals surface area contributed by atoms with Crippen LogP contribution in [-0.2, 0) is 0 Å². The molecule has 3 aromatic rings. The van der Waals surface area contributed by atoms with Crippen LogP contribution in [0.15, 0.2) is 41.1 Å². The maximum Gasteiger partial charge on any atom is 0.301 e. The molecule has 0 saturated heterocycles. The topological polar surface area (TPSA) is 70.9 Å². The average molecular weight is 241 g/mol. The van der Waals surface area contributed by atoms with Crippen LogP contribution in [-0.4, -0.2) is 15.9 Å². The van der Waals surface area contributed by atoms with Crippen molar-refractivity contribution < 1.29 is 9.21 Å². The first-order valence-corrected chi connectivity index (χ1v) is 5.53. The molecule has 5 nitrogen and oxygen atoms in total. The quantitative estimate of drug-likeness (QED) is 0.724. The van der Waals surface area contributed by atoms with Gasteiger partial charge in [0.25, 0.3) is 5.91 Å². The number of hydrogen-bond donors (Lipinski definition) is 2. The van der Waals surface area contributed by atoms with Gasteiger partial charge in [0.05, 0.1) is 16.8 Å². The first-order chi connectivity index (χ1) is 8.74. The molecular formula is C13H11N3O2. The Balaban J connectivity index is 1.94. The molecule has 0 fully saturated rings. The van der Waals surface area contributed by atoms with Crippen molar-refractivity contribution in [3.05, 3.63) is 48.0 Å².